The Balaban J connectivity index is 0.000000412. The molecule has 2 rings (SSSR count). The van der Waals surface area contributed by atoms with E-state index in [0.717, 1.165) is 13.0 Å². The predicted molar refractivity (Wildman–Crippen MR) is 79.9 cm³/mol. The number of aliphatic carboxylic acids is 1. The quantitative estimate of drug-likeness (QED) is 0.688. The number of carboxylic acids is 1. The van der Waals surface area contributed by atoms with Gasteiger partial charge in [-0.2, -0.15) is 22.0 Å². The zero-order chi connectivity index (χ0) is 20.5. The van der Waals surface area contributed by atoms with Crippen molar-refractivity contribution in [3.63, 3.8) is 0 Å². The summed E-state index contributed by atoms with van der Waals surface area (Å²) >= 11 is 0. The number of aliphatic hydroxyl groups is 1. The third-order valence-corrected chi connectivity index (χ3v) is 4.11. The van der Waals surface area contributed by atoms with Crippen LogP contribution in [0.25, 0.3) is 0 Å². The molecule has 0 bridgehead atoms. The molecule has 1 unspecified atom stereocenters. The van der Waals surface area contributed by atoms with Gasteiger partial charge in [0.25, 0.3) is 0 Å². The van der Waals surface area contributed by atoms with Gasteiger partial charge in [0, 0.05) is 11.6 Å². The fraction of sp³-hybridized carbons (Fsp3) is 0.562. The number of hydrogen-bond donors (Lipinski definition) is 3. The van der Waals surface area contributed by atoms with Crippen molar-refractivity contribution >= 4 is 5.97 Å². The maximum Gasteiger partial charge on any atom is 0.490 e. The first kappa shape index (κ1) is 22.2. The van der Waals surface area contributed by atoms with Gasteiger partial charge in [-0.1, -0.05) is 12.1 Å². The maximum absolute atomic E-state index is 14.4. The van der Waals surface area contributed by atoms with Crippen LogP contribution < -0.4 is 5.73 Å². The number of carbonyl (C=O) groups is 1. The Kier molecular flexibility index (Phi) is 6.36. The van der Waals surface area contributed by atoms with Gasteiger partial charge in [-0.15, -0.1) is 0 Å². The molecule has 0 spiro atoms. The second-order valence-electron chi connectivity index (χ2n) is 6.30. The molecular weight excluding hydrogens is 368 g/mol. The molecule has 0 heterocycles. The van der Waals surface area contributed by atoms with Gasteiger partial charge in [0.15, 0.2) is 0 Å². The number of hydrogen-bond acceptors (Lipinski definition) is 3. The Morgan fingerprint density at radius 3 is 2.04 bits per heavy atom. The first-order chi connectivity index (χ1) is 11.6. The minimum atomic E-state index is -5.08. The van der Waals surface area contributed by atoms with Crippen LogP contribution in [0.2, 0.25) is 0 Å². The molecule has 10 heteroatoms. The lowest BCUT2D eigenvalue weighted by Crippen LogP contribution is -2.45. The van der Waals surface area contributed by atoms with Crippen LogP contribution in [0.5, 0.6) is 0 Å². The van der Waals surface area contributed by atoms with Gasteiger partial charge in [0.1, 0.15) is 11.4 Å². The van der Waals surface area contributed by atoms with Crippen LogP contribution in [-0.4, -0.2) is 28.0 Å². The van der Waals surface area contributed by atoms with Gasteiger partial charge in [0.2, 0.25) is 0 Å². The minimum absolute atomic E-state index is 0.0313. The van der Waals surface area contributed by atoms with E-state index < -0.39 is 47.0 Å². The highest BCUT2D eigenvalue weighted by Crippen LogP contribution is 2.52. The summed E-state index contributed by atoms with van der Waals surface area (Å²) in [6.07, 6.45) is -4.01. The molecule has 1 aromatic rings. The van der Waals surface area contributed by atoms with Crippen molar-refractivity contribution in [2.24, 2.45) is 11.7 Å². The summed E-state index contributed by atoms with van der Waals surface area (Å²) in [5, 5.41) is 17.2. The van der Waals surface area contributed by atoms with E-state index in [4.69, 9.17) is 15.6 Å². The van der Waals surface area contributed by atoms with E-state index >= 15 is 0 Å². The molecule has 4 N–H and O–H groups in total. The molecule has 0 saturated heterocycles. The maximum atomic E-state index is 14.4. The van der Waals surface area contributed by atoms with Gasteiger partial charge in [-0.05, 0) is 38.7 Å². The predicted octanol–water partition coefficient (Wildman–Crippen LogP) is 3.73. The van der Waals surface area contributed by atoms with Crippen molar-refractivity contribution in [2.75, 3.05) is 0 Å². The SMILES string of the molecule is C[C@@H](N)c1cccc(C(F)(F)C(C)(O)C2CC2)c1F.O=C(O)C(F)(F)F. The van der Waals surface area contributed by atoms with Gasteiger partial charge in [-0.25, -0.2) is 9.18 Å². The average molecular weight is 387 g/mol. The summed E-state index contributed by atoms with van der Waals surface area (Å²) < 4.78 is 74.7. The van der Waals surface area contributed by atoms with Crippen molar-refractivity contribution in [3.8, 4) is 0 Å². The summed E-state index contributed by atoms with van der Waals surface area (Å²) in [7, 11) is 0. The van der Waals surface area contributed by atoms with Crippen LogP contribution in [0.4, 0.5) is 26.3 Å². The van der Waals surface area contributed by atoms with Crippen LogP contribution in [0.15, 0.2) is 18.2 Å². The molecule has 1 aliphatic carbocycles. The van der Waals surface area contributed by atoms with E-state index in [1.165, 1.54) is 19.1 Å². The number of rotatable bonds is 4. The lowest BCUT2D eigenvalue weighted by Gasteiger charge is -2.33. The molecule has 0 aliphatic heterocycles. The lowest BCUT2D eigenvalue weighted by atomic mass is 9.86. The molecule has 4 nitrogen and oxygen atoms in total. The van der Waals surface area contributed by atoms with Crippen LogP contribution in [-0.2, 0) is 10.7 Å². The number of halogens is 6. The van der Waals surface area contributed by atoms with Crippen molar-refractivity contribution in [3.05, 3.63) is 35.1 Å². The fourth-order valence-electron chi connectivity index (χ4n) is 2.32. The monoisotopic (exact) mass is 387 g/mol. The van der Waals surface area contributed by atoms with Gasteiger partial charge < -0.3 is 15.9 Å². The Hall–Kier alpha value is -1.81. The number of benzene rings is 1. The van der Waals surface area contributed by atoms with Gasteiger partial charge in [-0.3, -0.25) is 0 Å². The summed E-state index contributed by atoms with van der Waals surface area (Å²) in [6, 6.07) is 3.05. The Bertz CT molecular complexity index is 654. The molecule has 1 saturated carbocycles. The number of nitrogens with two attached hydrogens (primary N) is 1. The molecule has 26 heavy (non-hydrogen) atoms. The summed E-state index contributed by atoms with van der Waals surface area (Å²) in [5.74, 6) is -7.90. The van der Waals surface area contributed by atoms with E-state index in [1.54, 1.807) is 0 Å². The van der Waals surface area contributed by atoms with Crippen LogP contribution in [0.1, 0.15) is 43.9 Å². The third-order valence-electron chi connectivity index (χ3n) is 4.11. The standard InChI is InChI=1S/C14H18F3NO.C2HF3O2/c1-8(18)10-4-3-5-11(12(10)15)14(16,17)13(2,19)9-6-7-9;3-2(4,5)1(6)7/h3-5,8-9,19H,6-7,18H2,1-2H3;(H,6,7)/t8-,13?;/m1./s1. The number of carboxylic acid groups (broad SMARTS) is 1. The normalized spacial score (nSPS) is 18.4. The highest BCUT2D eigenvalue weighted by atomic mass is 19.4. The average Bonchev–Trinajstić information content (AvgIpc) is 3.31. The van der Waals surface area contributed by atoms with E-state index in [9.17, 15) is 31.4 Å². The Labute approximate surface area is 145 Å². The second kappa shape index (κ2) is 7.43. The molecular formula is C16H19F6NO3. The molecule has 1 fully saturated rings. The molecule has 0 amide bonds. The van der Waals surface area contributed by atoms with E-state index in [-0.39, 0.29) is 5.56 Å². The van der Waals surface area contributed by atoms with Gasteiger partial charge >= 0.3 is 18.1 Å². The largest absolute Gasteiger partial charge is 0.490 e. The summed E-state index contributed by atoms with van der Waals surface area (Å²) in [5.41, 5.74) is 2.58. The van der Waals surface area contributed by atoms with Crippen molar-refractivity contribution in [1.82, 2.24) is 0 Å². The molecule has 148 valence electrons. The summed E-state index contributed by atoms with van der Waals surface area (Å²) in [6.45, 7) is 2.60. The number of alkyl halides is 5. The minimum Gasteiger partial charge on any atom is -0.475 e. The first-order valence-corrected chi connectivity index (χ1v) is 7.58. The van der Waals surface area contributed by atoms with Crippen LogP contribution in [0, 0.1) is 11.7 Å². The zero-order valence-electron chi connectivity index (χ0n) is 13.9. The van der Waals surface area contributed by atoms with E-state index in [0.29, 0.717) is 12.8 Å². The Morgan fingerprint density at radius 1 is 1.23 bits per heavy atom. The fourth-order valence-corrected chi connectivity index (χ4v) is 2.32. The molecule has 0 aromatic heterocycles. The highest BCUT2D eigenvalue weighted by molar-refractivity contribution is 5.73. The molecule has 2 atom stereocenters. The molecule has 1 aliphatic rings. The van der Waals surface area contributed by atoms with Crippen LogP contribution in [0.3, 0.4) is 0 Å². The van der Waals surface area contributed by atoms with Crippen molar-refractivity contribution < 1.29 is 41.4 Å². The first-order valence-electron chi connectivity index (χ1n) is 7.58. The van der Waals surface area contributed by atoms with Crippen molar-refractivity contribution in [2.45, 2.75) is 50.4 Å². The lowest BCUT2D eigenvalue weighted by molar-refractivity contribution is -0.192. The molecule has 1 aromatic carbocycles. The van der Waals surface area contributed by atoms with Crippen molar-refractivity contribution in [1.29, 1.82) is 0 Å². The third kappa shape index (κ3) is 4.67. The zero-order valence-corrected chi connectivity index (χ0v) is 13.9. The van der Waals surface area contributed by atoms with E-state index in [1.807, 2.05) is 0 Å². The smallest absolute Gasteiger partial charge is 0.475 e. The summed E-state index contributed by atoms with van der Waals surface area (Å²) in [4.78, 5) is 8.90. The highest BCUT2D eigenvalue weighted by Gasteiger charge is 2.59. The van der Waals surface area contributed by atoms with E-state index in [2.05, 4.69) is 0 Å². The second-order valence-corrected chi connectivity index (χ2v) is 6.30. The van der Waals surface area contributed by atoms with Crippen LogP contribution >= 0.6 is 0 Å². The van der Waals surface area contributed by atoms with Gasteiger partial charge in [0.05, 0.1) is 5.56 Å². The molecule has 0 radical (unpaired) electrons. The topological polar surface area (TPSA) is 83.5 Å². The Morgan fingerprint density at radius 2 is 1.69 bits per heavy atom.